The van der Waals surface area contributed by atoms with Gasteiger partial charge in [-0.1, -0.05) is 13.8 Å². The van der Waals surface area contributed by atoms with Crippen molar-refractivity contribution in [1.82, 2.24) is 0 Å². The van der Waals surface area contributed by atoms with Crippen LogP contribution in [0.5, 0.6) is 0 Å². The van der Waals surface area contributed by atoms with E-state index in [1.54, 1.807) is 0 Å². The topological polar surface area (TPSA) is 34.1 Å². The predicted molar refractivity (Wildman–Crippen MR) is 35.1 cm³/mol. The number of rotatable bonds is 3. The van der Waals surface area contributed by atoms with Gasteiger partial charge in [0, 0.05) is 0 Å². The molecule has 1 unspecified atom stereocenters. The number of hydrogen-bond acceptors (Lipinski definition) is 2. The van der Waals surface area contributed by atoms with E-state index in [1.807, 2.05) is 13.8 Å². The number of ketones is 1. The van der Waals surface area contributed by atoms with E-state index in [0.717, 1.165) is 0 Å². The molecule has 0 N–H and O–H groups in total. The zero-order valence-corrected chi connectivity index (χ0v) is 6.05. The number of hydrogen-bond donors (Lipinski definition) is 0. The lowest BCUT2D eigenvalue weighted by Gasteiger charge is -2.08. The van der Waals surface area contributed by atoms with Crippen molar-refractivity contribution in [3.05, 3.63) is 0 Å². The molecule has 52 valence electrons. The van der Waals surface area contributed by atoms with Crippen molar-refractivity contribution in [2.75, 3.05) is 0 Å². The monoisotopic (exact) mass is 128 g/mol. The molecule has 0 radical (unpaired) electrons. The minimum atomic E-state index is -0.398. The van der Waals surface area contributed by atoms with Crippen LogP contribution in [0, 0.1) is 11.8 Å². The quantitative estimate of drug-likeness (QED) is 0.420. The van der Waals surface area contributed by atoms with Crippen molar-refractivity contribution >= 4 is 12.1 Å². The molecule has 2 nitrogen and oxygen atoms in total. The lowest BCUT2D eigenvalue weighted by atomic mass is 9.94. The summed E-state index contributed by atoms with van der Waals surface area (Å²) in [5, 5.41) is 0. The lowest BCUT2D eigenvalue weighted by Crippen LogP contribution is -2.18. The van der Waals surface area contributed by atoms with E-state index in [2.05, 4.69) is 0 Å². The molecule has 0 aliphatic heterocycles. The van der Waals surface area contributed by atoms with E-state index >= 15 is 0 Å². The maximum atomic E-state index is 10.6. The van der Waals surface area contributed by atoms with Crippen molar-refractivity contribution in [2.45, 2.75) is 20.8 Å². The highest BCUT2D eigenvalue weighted by atomic mass is 16.1. The Morgan fingerprint density at radius 3 is 1.89 bits per heavy atom. The van der Waals surface area contributed by atoms with E-state index in [0.29, 0.717) is 6.29 Å². The summed E-state index contributed by atoms with van der Waals surface area (Å²) < 4.78 is 0. The molecule has 0 rings (SSSR count). The van der Waals surface area contributed by atoms with Crippen molar-refractivity contribution in [3.8, 4) is 0 Å². The maximum Gasteiger partial charge on any atom is 0.140 e. The summed E-state index contributed by atoms with van der Waals surface area (Å²) in [6, 6.07) is 0. The fraction of sp³-hybridized carbons (Fsp3) is 0.714. The van der Waals surface area contributed by atoms with Crippen LogP contribution in [0.25, 0.3) is 0 Å². The molecule has 0 heterocycles. The van der Waals surface area contributed by atoms with Crippen LogP contribution < -0.4 is 0 Å². The first kappa shape index (κ1) is 8.34. The fourth-order valence-electron chi connectivity index (χ4n) is 0.722. The molecule has 0 amide bonds. The van der Waals surface area contributed by atoms with Gasteiger partial charge in [0.15, 0.2) is 0 Å². The SMILES string of the molecule is CC(=O)C(C=O)C(C)C. The summed E-state index contributed by atoms with van der Waals surface area (Å²) in [7, 11) is 0. The van der Waals surface area contributed by atoms with Crippen LogP contribution in [0.3, 0.4) is 0 Å². The minimum Gasteiger partial charge on any atom is -0.303 e. The Morgan fingerprint density at radius 1 is 1.44 bits per heavy atom. The normalized spacial score (nSPS) is 13.3. The standard InChI is InChI=1S/C7H12O2/c1-5(2)7(4-8)6(3)9/h4-5,7H,1-3H3. The summed E-state index contributed by atoms with van der Waals surface area (Å²) in [4.78, 5) is 20.8. The average Bonchev–Trinajstić information content (AvgIpc) is 1.64. The second-order valence-corrected chi connectivity index (χ2v) is 2.52. The first-order valence-electron chi connectivity index (χ1n) is 3.05. The second-order valence-electron chi connectivity index (χ2n) is 2.52. The van der Waals surface area contributed by atoms with Crippen LogP contribution in [-0.2, 0) is 9.59 Å². The maximum absolute atomic E-state index is 10.6. The molecule has 0 fully saturated rings. The summed E-state index contributed by atoms with van der Waals surface area (Å²) in [6.45, 7) is 5.17. The first-order valence-corrected chi connectivity index (χ1v) is 3.05. The van der Waals surface area contributed by atoms with Gasteiger partial charge in [-0.25, -0.2) is 0 Å². The molecular weight excluding hydrogens is 116 g/mol. The Balaban J connectivity index is 3.98. The molecule has 0 saturated carbocycles. The molecular formula is C7H12O2. The van der Waals surface area contributed by atoms with Gasteiger partial charge in [0.25, 0.3) is 0 Å². The van der Waals surface area contributed by atoms with E-state index in [9.17, 15) is 9.59 Å². The van der Waals surface area contributed by atoms with Crippen molar-refractivity contribution in [3.63, 3.8) is 0 Å². The third-order valence-electron chi connectivity index (χ3n) is 1.33. The summed E-state index contributed by atoms with van der Waals surface area (Å²) >= 11 is 0. The summed E-state index contributed by atoms with van der Waals surface area (Å²) in [5.74, 6) is -0.301. The van der Waals surface area contributed by atoms with Crippen molar-refractivity contribution in [1.29, 1.82) is 0 Å². The van der Waals surface area contributed by atoms with Gasteiger partial charge in [-0.2, -0.15) is 0 Å². The van der Waals surface area contributed by atoms with Crippen LogP contribution in [0.4, 0.5) is 0 Å². The van der Waals surface area contributed by atoms with Gasteiger partial charge in [0.2, 0.25) is 0 Å². The van der Waals surface area contributed by atoms with Gasteiger partial charge < -0.3 is 4.79 Å². The molecule has 0 aliphatic rings. The molecule has 9 heavy (non-hydrogen) atoms. The fourth-order valence-corrected chi connectivity index (χ4v) is 0.722. The second kappa shape index (κ2) is 3.38. The highest BCUT2D eigenvalue weighted by Crippen LogP contribution is 2.07. The number of Topliss-reactive ketones (excluding diaryl/α,β-unsaturated/α-hetero) is 1. The summed E-state index contributed by atoms with van der Waals surface area (Å²) in [6.07, 6.45) is 0.715. The zero-order chi connectivity index (χ0) is 7.44. The molecule has 0 bridgehead atoms. The van der Waals surface area contributed by atoms with E-state index in [1.165, 1.54) is 6.92 Å². The Morgan fingerprint density at radius 2 is 1.89 bits per heavy atom. The number of aldehydes is 1. The average molecular weight is 128 g/mol. The molecule has 0 aromatic carbocycles. The summed E-state index contributed by atoms with van der Waals surface area (Å²) in [5.41, 5.74) is 0. The molecule has 0 saturated heterocycles. The van der Waals surface area contributed by atoms with Crippen molar-refractivity contribution in [2.24, 2.45) is 11.8 Å². The molecule has 0 aromatic rings. The van der Waals surface area contributed by atoms with Crippen LogP contribution in [-0.4, -0.2) is 12.1 Å². The highest BCUT2D eigenvalue weighted by molar-refractivity contribution is 5.91. The van der Waals surface area contributed by atoms with E-state index < -0.39 is 5.92 Å². The van der Waals surface area contributed by atoms with Gasteiger partial charge in [0.1, 0.15) is 12.1 Å². The Hall–Kier alpha value is -0.660. The van der Waals surface area contributed by atoms with Crippen LogP contribution in [0.15, 0.2) is 0 Å². The Bertz CT molecular complexity index is 116. The Labute approximate surface area is 55.3 Å². The third-order valence-corrected chi connectivity index (χ3v) is 1.33. The Kier molecular flexibility index (Phi) is 3.13. The smallest absolute Gasteiger partial charge is 0.140 e. The van der Waals surface area contributed by atoms with Crippen LogP contribution in [0.2, 0.25) is 0 Å². The zero-order valence-electron chi connectivity index (χ0n) is 6.05. The molecule has 0 aromatic heterocycles. The van der Waals surface area contributed by atoms with Gasteiger partial charge in [0.05, 0.1) is 5.92 Å². The minimum absolute atomic E-state index is 0.0417. The largest absolute Gasteiger partial charge is 0.303 e. The van der Waals surface area contributed by atoms with Crippen LogP contribution in [0.1, 0.15) is 20.8 Å². The molecule has 0 spiro atoms. The van der Waals surface area contributed by atoms with Gasteiger partial charge >= 0.3 is 0 Å². The van der Waals surface area contributed by atoms with Gasteiger partial charge in [-0.15, -0.1) is 0 Å². The molecule has 1 atom stereocenters. The highest BCUT2D eigenvalue weighted by Gasteiger charge is 2.16. The first-order chi connectivity index (χ1) is 4.09. The van der Waals surface area contributed by atoms with E-state index in [4.69, 9.17) is 0 Å². The van der Waals surface area contributed by atoms with Gasteiger partial charge in [-0.3, -0.25) is 4.79 Å². The lowest BCUT2D eigenvalue weighted by molar-refractivity contribution is -0.127. The van der Waals surface area contributed by atoms with Gasteiger partial charge in [-0.05, 0) is 12.8 Å². The molecule has 2 heteroatoms. The number of carbonyl (C=O) groups is 2. The predicted octanol–water partition coefficient (Wildman–Crippen LogP) is 1.05. The van der Waals surface area contributed by atoms with E-state index in [-0.39, 0.29) is 11.7 Å². The number of carbonyl (C=O) groups excluding carboxylic acids is 2. The molecule has 0 aliphatic carbocycles. The third kappa shape index (κ3) is 2.40. The van der Waals surface area contributed by atoms with Crippen molar-refractivity contribution < 1.29 is 9.59 Å². The van der Waals surface area contributed by atoms with Crippen LogP contribution >= 0.6 is 0 Å².